The number of alkyl halides is 1. The molecule has 0 N–H and O–H groups in total. The van der Waals surface area contributed by atoms with Crippen LogP contribution in [0.1, 0.15) is 11.1 Å². The average Bonchev–Trinajstić information content (AvgIpc) is 2.58. The van der Waals surface area contributed by atoms with E-state index in [4.69, 9.17) is 11.6 Å². The molecule has 1 aliphatic heterocycles. The second-order valence-corrected chi connectivity index (χ2v) is 5.72. The molecule has 0 nitrogen and oxygen atoms in total. The van der Waals surface area contributed by atoms with Crippen LogP contribution < -0.4 is 0 Å². The number of benzene rings is 1. The number of aryl methyl sites for hydroxylation is 1. The van der Waals surface area contributed by atoms with E-state index in [9.17, 15) is 4.39 Å². The van der Waals surface area contributed by atoms with Crippen molar-refractivity contribution in [3.05, 3.63) is 35.1 Å². The van der Waals surface area contributed by atoms with Crippen LogP contribution in [0.15, 0.2) is 18.2 Å². The van der Waals surface area contributed by atoms with Crippen molar-refractivity contribution in [2.75, 3.05) is 11.5 Å². The topological polar surface area (TPSA) is 0 Å². The van der Waals surface area contributed by atoms with Crippen molar-refractivity contribution in [1.82, 2.24) is 0 Å². The molecule has 1 aliphatic rings. The van der Waals surface area contributed by atoms with E-state index >= 15 is 0 Å². The summed E-state index contributed by atoms with van der Waals surface area (Å²) in [6.45, 7) is 2.03. The first-order chi connectivity index (χ1) is 7.16. The zero-order chi connectivity index (χ0) is 10.8. The number of hydrogen-bond donors (Lipinski definition) is 0. The zero-order valence-corrected chi connectivity index (χ0v) is 10.2. The van der Waals surface area contributed by atoms with Crippen molar-refractivity contribution in [2.24, 2.45) is 5.92 Å². The minimum Gasteiger partial charge on any atom is -0.207 e. The van der Waals surface area contributed by atoms with E-state index < -0.39 is 0 Å². The monoisotopic (exact) mass is 244 g/mol. The predicted molar refractivity (Wildman–Crippen MR) is 65.3 cm³/mol. The summed E-state index contributed by atoms with van der Waals surface area (Å²) in [5.41, 5.74) is 2.27. The maximum atomic E-state index is 13.1. The van der Waals surface area contributed by atoms with Crippen LogP contribution >= 0.6 is 23.4 Å². The summed E-state index contributed by atoms with van der Waals surface area (Å²) in [6, 6.07) is 5.00. The Bertz CT molecular complexity index is 353. The fourth-order valence-electron chi connectivity index (χ4n) is 1.90. The Morgan fingerprint density at radius 1 is 1.47 bits per heavy atom. The van der Waals surface area contributed by atoms with Crippen LogP contribution in [0.3, 0.4) is 0 Å². The van der Waals surface area contributed by atoms with E-state index in [1.165, 1.54) is 6.07 Å². The fraction of sp³-hybridized carbons (Fsp3) is 0.500. The highest BCUT2D eigenvalue weighted by Gasteiger charge is 2.26. The second kappa shape index (κ2) is 4.75. The lowest BCUT2D eigenvalue weighted by atomic mass is 9.95. The summed E-state index contributed by atoms with van der Waals surface area (Å²) in [5, 5.41) is 0.248. The summed E-state index contributed by atoms with van der Waals surface area (Å²) in [4.78, 5) is 0. The van der Waals surface area contributed by atoms with Gasteiger partial charge >= 0.3 is 0 Å². The molecule has 1 heterocycles. The summed E-state index contributed by atoms with van der Waals surface area (Å²) in [5.74, 6) is 2.48. The molecular formula is C12H14ClFS. The van der Waals surface area contributed by atoms with Gasteiger partial charge in [-0.25, -0.2) is 4.39 Å². The fourth-order valence-corrected chi connectivity index (χ4v) is 3.74. The van der Waals surface area contributed by atoms with Crippen LogP contribution in [0.25, 0.3) is 0 Å². The summed E-state index contributed by atoms with van der Waals surface area (Å²) in [7, 11) is 0. The van der Waals surface area contributed by atoms with E-state index in [0.29, 0.717) is 5.92 Å². The third kappa shape index (κ3) is 2.67. The van der Waals surface area contributed by atoms with Gasteiger partial charge in [0.25, 0.3) is 0 Å². The molecule has 0 aromatic heterocycles. The molecule has 82 valence electrons. The highest BCUT2D eigenvalue weighted by atomic mass is 35.5. The first-order valence-corrected chi connectivity index (χ1v) is 6.73. The zero-order valence-electron chi connectivity index (χ0n) is 8.67. The van der Waals surface area contributed by atoms with E-state index in [-0.39, 0.29) is 11.2 Å². The Morgan fingerprint density at radius 2 is 2.27 bits per heavy atom. The molecule has 15 heavy (non-hydrogen) atoms. The molecule has 0 bridgehead atoms. The minimum absolute atomic E-state index is 0.146. The Kier molecular flexibility index (Phi) is 3.57. The highest BCUT2D eigenvalue weighted by molar-refractivity contribution is 7.99. The van der Waals surface area contributed by atoms with Gasteiger partial charge in [-0.3, -0.25) is 0 Å². The van der Waals surface area contributed by atoms with Crippen molar-refractivity contribution in [3.8, 4) is 0 Å². The SMILES string of the molecule is Cc1ccc(F)cc1CC1CSCC1Cl. The van der Waals surface area contributed by atoms with Gasteiger partial charge in [-0.15, -0.1) is 11.6 Å². The van der Waals surface area contributed by atoms with Crippen LogP contribution in [0, 0.1) is 18.7 Å². The van der Waals surface area contributed by atoms with Crippen LogP contribution in [0.5, 0.6) is 0 Å². The van der Waals surface area contributed by atoms with E-state index in [0.717, 1.165) is 29.1 Å². The van der Waals surface area contributed by atoms with Gasteiger partial charge in [-0.1, -0.05) is 6.07 Å². The molecule has 1 aromatic carbocycles. The van der Waals surface area contributed by atoms with Crippen LogP contribution in [-0.2, 0) is 6.42 Å². The summed E-state index contributed by atoms with van der Waals surface area (Å²) >= 11 is 8.10. The number of hydrogen-bond acceptors (Lipinski definition) is 1. The molecule has 1 fully saturated rings. The lowest BCUT2D eigenvalue weighted by molar-refractivity contribution is 0.589. The lowest BCUT2D eigenvalue weighted by Crippen LogP contribution is -2.15. The van der Waals surface area contributed by atoms with Crippen LogP contribution in [-0.4, -0.2) is 16.9 Å². The third-order valence-corrected chi connectivity index (χ3v) is 4.87. The van der Waals surface area contributed by atoms with Crippen molar-refractivity contribution >= 4 is 23.4 Å². The maximum Gasteiger partial charge on any atom is 0.123 e. The van der Waals surface area contributed by atoms with Gasteiger partial charge < -0.3 is 0 Å². The molecule has 0 spiro atoms. The standard InChI is InChI=1S/C12H14ClFS/c1-8-2-3-11(14)5-9(8)4-10-6-15-7-12(10)13/h2-3,5,10,12H,4,6-7H2,1H3. The molecule has 0 saturated carbocycles. The molecule has 0 radical (unpaired) electrons. The van der Waals surface area contributed by atoms with E-state index in [1.807, 2.05) is 24.8 Å². The molecule has 2 unspecified atom stereocenters. The molecule has 2 rings (SSSR count). The molecule has 1 aromatic rings. The Hall–Kier alpha value is -0.210. The predicted octanol–water partition coefficient (Wildman–Crippen LogP) is 3.65. The molecule has 3 heteroatoms. The van der Waals surface area contributed by atoms with Gasteiger partial charge in [0.15, 0.2) is 0 Å². The summed E-state index contributed by atoms with van der Waals surface area (Å²) in [6.07, 6.45) is 0.908. The lowest BCUT2D eigenvalue weighted by Gasteiger charge is -2.14. The molecule has 0 aliphatic carbocycles. The Balaban J connectivity index is 2.12. The van der Waals surface area contributed by atoms with Crippen LogP contribution in [0.2, 0.25) is 0 Å². The Morgan fingerprint density at radius 3 is 2.93 bits per heavy atom. The normalized spacial score (nSPS) is 25.8. The third-order valence-electron chi connectivity index (χ3n) is 2.91. The van der Waals surface area contributed by atoms with Gasteiger partial charge in [-0.05, 0) is 48.3 Å². The van der Waals surface area contributed by atoms with Gasteiger partial charge in [0.1, 0.15) is 5.82 Å². The maximum absolute atomic E-state index is 13.1. The summed E-state index contributed by atoms with van der Waals surface area (Å²) < 4.78 is 13.1. The van der Waals surface area contributed by atoms with Crippen molar-refractivity contribution in [1.29, 1.82) is 0 Å². The molecule has 2 atom stereocenters. The van der Waals surface area contributed by atoms with Crippen LogP contribution in [0.4, 0.5) is 4.39 Å². The second-order valence-electron chi connectivity index (χ2n) is 4.09. The molecule has 1 saturated heterocycles. The number of halogens is 2. The van der Waals surface area contributed by atoms with E-state index in [1.54, 1.807) is 6.07 Å². The van der Waals surface area contributed by atoms with Crippen molar-refractivity contribution in [2.45, 2.75) is 18.7 Å². The quantitative estimate of drug-likeness (QED) is 0.716. The average molecular weight is 245 g/mol. The van der Waals surface area contributed by atoms with Gasteiger partial charge in [0.05, 0.1) is 0 Å². The van der Waals surface area contributed by atoms with Crippen molar-refractivity contribution < 1.29 is 4.39 Å². The smallest absolute Gasteiger partial charge is 0.123 e. The molecule has 0 amide bonds. The van der Waals surface area contributed by atoms with Gasteiger partial charge in [0.2, 0.25) is 0 Å². The van der Waals surface area contributed by atoms with Gasteiger partial charge in [-0.2, -0.15) is 11.8 Å². The highest BCUT2D eigenvalue weighted by Crippen LogP contribution is 2.31. The van der Waals surface area contributed by atoms with Gasteiger partial charge in [0, 0.05) is 11.1 Å². The Labute approximate surface area is 99.2 Å². The minimum atomic E-state index is -0.146. The molecular weight excluding hydrogens is 231 g/mol. The largest absolute Gasteiger partial charge is 0.207 e. The first kappa shape index (κ1) is 11.3. The first-order valence-electron chi connectivity index (χ1n) is 5.13. The number of rotatable bonds is 2. The van der Waals surface area contributed by atoms with E-state index in [2.05, 4.69) is 0 Å². The number of thioether (sulfide) groups is 1. The van der Waals surface area contributed by atoms with Crippen molar-refractivity contribution in [3.63, 3.8) is 0 Å².